The van der Waals surface area contributed by atoms with Crippen LogP contribution in [0.15, 0.2) is 12.1 Å². The van der Waals surface area contributed by atoms with Crippen LogP contribution >= 0.6 is 0 Å². The zero-order valence-corrected chi connectivity index (χ0v) is 9.22. The summed E-state index contributed by atoms with van der Waals surface area (Å²) >= 11 is 0. The van der Waals surface area contributed by atoms with Gasteiger partial charge in [0.1, 0.15) is 5.82 Å². The van der Waals surface area contributed by atoms with Crippen molar-refractivity contribution in [2.24, 2.45) is 5.92 Å². The Morgan fingerprint density at radius 2 is 1.88 bits per heavy atom. The minimum Gasteiger partial charge on any atom is -0.388 e. The maximum Gasteiger partial charge on any atom is 0.161 e. The van der Waals surface area contributed by atoms with E-state index in [1.165, 1.54) is 0 Å². The Bertz CT molecular complexity index is 405. The van der Waals surface area contributed by atoms with Gasteiger partial charge in [-0.15, -0.1) is 0 Å². The fourth-order valence-electron chi connectivity index (χ4n) is 2.17. The van der Waals surface area contributed by atoms with Gasteiger partial charge in [-0.3, -0.25) is 0 Å². The minimum atomic E-state index is -1.24. The van der Waals surface area contributed by atoms with Crippen LogP contribution in [0, 0.1) is 23.4 Å². The predicted molar refractivity (Wildman–Crippen MR) is 56.9 cm³/mol. The molecular formula is C12H14F3NO. The van der Waals surface area contributed by atoms with Gasteiger partial charge in [-0.25, -0.2) is 13.2 Å². The smallest absolute Gasteiger partial charge is 0.161 e. The number of aliphatic hydroxyl groups is 1. The highest BCUT2D eigenvalue weighted by molar-refractivity contribution is 5.23. The molecule has 94 valence electrons. The summed E-state index contributed by atoms with van der Waals surface area (Å²) in [6, 6.07) is 1.22. The van der Waals surface area contributed by atoms with Crippen LogP contribution < -0.4 is 5.32 Å². The van der Waals surface area contributed by atoms with Crippen molar-refractivity contribution in [2.75, 3.05) is 13.1 Å². The second kappa shape index (κ2) is 5.06. The number of hydrogen-bond acceptors (Lipinski definition) is 2. The first kappa shape index (κ1) is 12.4. The maximum atomic E-state index is 13.4. The Kier molecular flexibility index (Phi) is 3.69. The highest BCUT2D eigenvalue weighted by Gasteiger charge is 2.26. The predicted octanol–water partition coefficient (Wildman–Crippen LogP) is 2.14. The number of benzene rings is 1. The molecule has 0 bridgehead atoms. The molecule has 1 aromatic rings. The molecule has 0 spiro atoms. The topological polar surface area (TPSA) is 32.3 Å². The van der Waals surface area contributed by atoms with Gasteiger partial charge >= 0.3 is 0 Å². The first-order chi connectivity index (χ1) is 8.09. The van der Waals surface area contributed by atoms with Crippen molar-refractivity contribution in [1.82, 2.24) is 5.32 Å². The lowest BCUT2D eigenvalue weighted by molar-refractivity contribution is 0.0883. The van der Waals surface area contributed by atoms with E-state index >= 15 is 0 Å². The first-order valence-corrected chi connectivity index (χ1v) is 5.63. The molecule has 0 amide bonds. The van der Waals surface area contributed by atoms with Crippen molar-refractivity contribution in [1.29, 1.82) is 0 Å². The molecule has 1 aliphatic rings. The Hall–Kier alpha value is -1.07. The summed E-state index contributed by atoms with van der Waals surface area (Å²) in [4.78, 5) is 0. The molecular weight excluding hydrogens is 231 g/mol. The fourth-order valence-corrected chi connectivity index (χ4v) is 2.17. The third-order valence-electron chi connectivity index (χ3n) is 3.14. The average Bonchev–Trinajstić information content (AvgIpc) is 2.34. The molecule has 2 unspecified atom stereocenters. The van der Waals surface area contributed by atoms with Gasteiger partial charge in [0.05, 0.1) is 6.10 Å². The number of aliphatic hydroxyl groups excluding tert-OH is 1. The number of piperidine rings is 1. The van der Waals surface area contributed by atoms with Crippen LogP contribution in [-0.4, -0.2) is 18.2 Å². The average molecular weight is 245 g/mol. The Balaban J connectivity index is 2.23. The van der Waals surface area contributed by atoms with Crippen molar-refractivity contribution >= 4 is 0 Å². The molecule has 1 saturated heterocycles. The molecule has 0 aromatic heterocycles. The summed E-state index contributed by atoms with van der Waals surface area (Å²) in [6.07, 6.45) is 0.525. The van der Waals surface area contributed by atoms with Gasteiger partial charge in [-0.05, 0) is 25.5 Å². The van der Waals surface area contributed by atoms with Crippen LogP contribution in [0.1, 0.15) is 24.5 Å². The molecule has 5 heteroatoms. The van der Waals surface area contributed by atoms with Gasteiger partial charge < -0.3 is 10.4 Å². The molecule has 0 radical (unpaired) electrons. The highest BCUT2D eigenvalue weighted by atomic mass is 19.2. The first-order valence-electron chi connectivity index (χ1n) is 5.63. The summed E-state index contributed by atoms with van der Waals surface area (Å²) in [5.74, 6) is -3.44. The van der Waals surface area contributed by atoms with Crippen molar-refractivity contribution < 1.29 is 18.3 Å². The van der Waals surface area contributed by atoms with Gasteiger partial charge in [0.15, 0.2) is 11.6 Å². The van der Waals surface area contributed by atoms with Gasteiger partial charge in [0.2, 0.25) is 0 Å². The Labute approximate surface area is 97.5 Å². The summed E-state index contributed by atoms with van der Waals surface area (Å²) < 4.78 is 39.2. The van der Waals surface area contributed by atoms with Gasteiger partial charge in [-0.1, -0.05) is 0 Å². The van der Waals surface area contributed by atoms with E-state index in [1.807, 2.05) is 0 Å². The van der Waals surface area contributed by atoms with Crippen LogP contribution in [0.5, 0.6) is 0 Å². The number of hydrogen-bond donors (Lipinski definition) is 2. The van der Waals surface area contributed by atoms with Crippen LogP contribution in [0.4, 0.5) is 13.2 Å². The standard InChI is InChI=1S/C12H14F3NO/c13-9-5-11(15)10(14)4-8(9)12(17)7-2-1-3-16-6-7/h4-5,7,12,16-17H,1-3,6H2. The van der Waals surface area contributed by atoms with Crippen molar-refractivity contribution in [3.05, 3.63) is 35.1 Å². The van der Waals surface area contributed by atoms with Crippen molar-refractivity contribution in [3.8, 4) is 0 Å². The maximum absolute atomic E-state index is 13.4. The SMILES string of the molecule is OC(c1cc(F)c(F)cc1F)C1CCCNC1. The van der Waals surface area contributed by atoms with E-state index in [-0.39, 0.29) is 11.5 Å². The number of rotatable bonds is 2. The van der Waals surface area contributed by atoms with E-state index < -0.39 is 23.6 Å². The third-order valence-corrected chi connectivity index (χ3v) is 3.14. The summed E-state index contributed by atoms with van der Waals surface area (Å²) in [5, 5.41) is 13.1. The second-order valence-corrected chi connectivity index (χ2v) is 4.34. The van der Waals surface area contributed by atoms with Gasteiger partial charge in [0, 0.05) is 24.1 Å². The van der Waals surface area contributed by atoms with Crippen LogP contribution in [-0.2, 0) is 0 Å². The van der Waals surface area contributed by atoms with Gasteiger partial charge in [0.25, 0.3) is 0 Å². The minimum absolute atomic E-state index is 0.164. The fraction of sp³-hybridized carbons (Fsp3) is 0.500. The molecule has 2 N–H and O–H groups in total. The largest absolute Gasteiger partial charge is 0.388 e. The number of nitrogens with one attached hydrogen (secondary N) is 1. The molecule has 1 fully saturated rings. The highest BCUT2D eigenvalue weighted by Crippen LogP contribution is 2.29. The van der Waals surface area contributed by atoms with E-state index in [9.17, 15) is 18.3 Å². The molecule has 1 aromatic carbocycles. The van der Waals surface area contributed by atoms with E-state index in [4.69, 9.17) is 0 Å². The second-order valence-electron chi connectivity index (χ2n) is 4.34. The zero-order chi connectivity index (χ0) is 12.4. The van der Waals surface area contributed by atoms with E-state index in [0.29, 0.717) is 12.6 Å². The van der Waals surface area contributed by atoms with Gasteiger partial charge in [-0.2, -0.15) is 0 Å². The monoisotopic (exact) mass is 245 g/mol. The van der Waals surface area contributed by atoms with Crippen LogP contribution in [0.2, 0.25) is 0 Å². The molecule has 1 heterocycles. The molecule has 17 heavy (non-hydrogen) atoms. The summed E-state index contributed by atoms with van der Waals surface area (Å²) in [6.45, 7) is 1.42. The molecule has 0 saturated carbocycles. The summed E-state index contributed by atoms with van der Waals surface area (Å²) in [7, 11) is 0. The molecule has 2 rings (SSSR count). The molecule has 2 atom stereocenters. The third kappa shape index (κ3) is 2.61. The zero-order valence-electron chi connectivity index (χ0n) is 9.22. The van der Waals surface area contributed by atoms with Crippen molar-refractivity contribution in [3.63, 3.8) is 0 Å². The van der Waals surface area contributed by atoms with E-state index in [1.54, 1.807) is 0 Å². The lowest BCUT2D eigenvalue weighted by Crippen LogP contribution is -2.33. The lowest BCUT2D eigenvalue weighted by atomic mass is 9.89. The normalized spacial score (nSPS) is 22.5. The van der Waals surface area contributed by atoms with E-state index in [0.717, 1.165) is 25.5 Å². The molecule has 1 aliphatic heterocycles. The molecule has 2 nitrogen and oxygen atoms in total. The van der Waals surface area contributed by atoms with Crippen LogP contribution in [0.25, 0.3) is 0 Å². The Morgan fingerprint density at radius 1 is 1.18 bits per heavy atom. The molecule has 0 aliphatic carbocycles. The Morgan fingerprint density at radius 3 is 2.53 bits per heavy atom. The lowest BCUT2D eigenvalue weighted by Gasteiger charge is -2.27. The summed E-state index contributed by atoms with van der Waals surface area (Å²) in [5.41, 5.74) is -0.169. The number of halogens is 3. The van der Waals surface area contributed by atoms with Crippen molar-refractivity contribution in [2.45, 2.75) is 18.9 Å². The quantitative estimate of drug-likeness (QED) is 0.782. The van der Waals surface area contributed by atoms with Crippen LogP contribution in [0.3, 0.4) is 0 Å². The van der Waals surface area contributed by atoms with E-state index in [2.05, 4.69) is 5.32 Å².